The van der Waals surface area contributed by atoms with Crippen LogP contribution in [0.5, 0.6) is 0 Å². The Labute approximate surface area is 84.7 Å². The standard InChI is InChI=1S/C8H8ClNO2S/c9-7-2-1-6(13-7)8(11)10-5-3-12-4-5/h1-2,5H,3-4H2,(H,10,11). The summed E-state index contributed by atoms with van der Waals surface area (Å²) in [5, 5.41) is 2.83. The predicted octanol–water partition coefficient (Wildman–Crippen LogP) is 1.53. The molecule has 1 fully saturated rings. The van der Waals surface area contributed by atoms with Crippen LogP contribution in [-0.4, -0.2) is 25.2 Å². The van der Waals surface area contributed by atoms with Gasteiger partial charge in [-0.1, -0.05) is 11.6 Å². The fraction of sp³-hybridized carbons (Fsp3) is 0.375. The van der Waals surface area contributed by atoms with Crippen molar-refractivity contribution in [2.75, 3.05) is 13.2 Å². The summed E-state index contributed by atoms with van der Waals surface area (Å²) in [4.78, 5) is 12.1. The maximum absolute atomic E-state index is 11.4. The number of amides is 1. The van der Waals surface area contributed by atoms with Crippen molar-refractivity contribution in [3.63, 3.8) is 0 Å². The average Bonchev–Trinajstić information content (AvgIpc) is 2.44. The molecular weight excluding hydrogens is 210 g/mol. The van der Waals surface area contributed by atoms with E-state index in [1.807, 2.05) is 0 Å². The number of thiophene rings is 1. The molecule has 5 heteroatoms. The lowest BCUT2D eigenvalue weighted by Crippen LogP contribution is -2.48. The van der Waals surface area contributed by atoms with Crippen LogP contribution >= 0.6 is 22.9 Å². The summed E-state index contributed by atoms with van der Waals surface area (Å²) in [6.45, 7) is 1.23. The first-order chi connectivity index (χ1) is 6.25. The quantitative estimate of drug-likeness (QED) is 0.816. The highest BCUT2D eigenvalue weighted by Gasteiger charge is 2.21. The van der Waals surface area contributed by atoms with Gasteiger partial charge in [-0.3, -0.25) is 4.79 Å². The summed E-state index contributed by atoms with van der Waals surface area (Å²) in [5.41, 5.74) is 0. The maximum Gasteiger partial charge on any atom is 0.261 e. The highest BCUT2D eigenvalue weighted by Crippen LogP contribution is 2.21. The van der Waals surface area contributed by atoms with Crippen molar-refractivity contribution in [3.05, 3.63) is 21.3 Å². The summed E-state index contributed by atoms with van der Waals surface area (Å²) in [6.07, 6.45) is 0. The molecule has 0 aliphatic carbocycles. The Morgan fingerprint density at radius 2 is 2.38 bits per heavy atom. The molecule has 0 aromatic carbocycles. The molecule has 70 valence electrons. The second kappa shape index (κ2) is 3.65. The summed E-state index contributed by atoms with van der Waals surface area (Å²) < 4.78 is 5.57. The zero-order chi connectivity index (χ0) is 9.26. The smallest absolute Gasteiger partial charge is 0.261 e. The van der Waals surface area contributed by atoms with Gasteiger partial charge in [-0.15, -0.1) is 11.3 Å². The lowest BCUT2D eigenvalue weighted by atomic mass is 10.2. The van der Waals surface area contributed by atoms with E-state index in [0.717, 1.165) is 0 Å². The zero-order valence-electron chi connectivity index (χ0n) is 6.75. The number of ether oxygens (including phenoxy) is 1. The zero-order valence-corrected chi connectivity index (χ0v) is 8.32. The topological polar surface area (TPSA) is 38.3 Å². The fourth-order valence-corrected chi connectivity index (χ4v) is 1.96. The number of nitrogens with one attached hydrogen (secondary N) is 1. The first kappa shape index (κ1) is 8.99. The Morgan fingerprint density at radius 3 is 2.85 bits per heavy atom. The van der Waals surface area contributed by atoms with Gasteiger partial charge in [0.25, 0.3) is 5.91 Å². The molecule has 2 rings (SSSR count). The third kappa shape index (κ3) is 2.02. The second-order valence-electron chi connectivity index (χ2n) is 2.81. The van der Waals surface area contributed by atoms with E-state index in [-0.39, 0.29) is 11.9 Å². The number of carbonyl (C=O) groups excluding carboxylic acids is 1. The van der Waals surface area contributed by atoms with E-state index in [2.05, 4.69) is 5.32 Å². The van der Waals surface area contributed by atoms with Gasteiger partial charge in [0.05, 0.1) is 28.5 Å². The minimum Gasteiger partial charge on any atom is -0.377 e. The van der Waals surface area contributed by atoms with Crippen LogP contribution in [0.15, 0.2) is 12.1 Å². The summed E-state index contributed by atoms with van der Waals surface area (Å²) in [5.74, 6) is -0.0646. The average molecular weight is 218 g/mol. The van der Waals surface area contributed by atoms with Crippen molar-refractivity contribution in [2.24, 2.45) is 0 Å². The molecule has 1 aromatic rings. The van der Waals surface area contributed by atoms with Crippen molar-refractivity contribution in [1.82, 2.24) is 5.32 Å². The van der Waals surface area contributed by atoms with Gasteiger partial charge in [0.1, 0.15) is 0 Å². The van der Waals surface area contributed by atoms with Gasteiger partial charge in [0.2, 0.25) is 0 Å². The van der Waals surface area contributed by atoms with E-state index < -0.39 is 0 Å². The molecule has 13 heavy (non-hydrogen) atoms. The van der Waals surface area contributed by atoms with Crippen molar-refractivity contribution in [3.8, 4) is 0 Å². The molecule has 1 aliphatic heterocycles. The maximum atomic E-state index is 11.4. The largest absolute Gasteiger partial charge is 0.377 e. The van der Waals surface area contributed by atoms with E-state index in [1.165, 1.54) is 11.3 Å². The predicted molar refractivity (Wildman–Crippen MR) is 51.4 cm³/mol. The van der Waals surface area contributed by atoms with Crippen LogP contribution in [0.1, 0.15) is 9.67 Å². The van der Waals surface area contributed by atoms with Gasteiger partial charge in [-0.25, -0.2) is 0 Å². The van der Waals surface area contributed by atoms with Crippen molar-refractivity contribution in [2.45, 2.75) is 6.04 Å². The van der Waals surface area contributed by atoms with E-state index in [9.17, 15) is 4.79 Å². The molecule has 1 N–H and O–H groups in total. The summed E-state index contributed by atoms with van der Waals surface area (Å²) in [6, 6.07) is 3.62. The molecule has 0 bridgehead atoms. The SMILES string of the molecule is O=C(NC1COC1)c1ccc(Cl)s1. The third-order valence-corrected chi connectivity index (χ3v) is 3.00. The Hall–Kier alpha value is -0.580. The highest BCUT2D eigenvalue weighted by atomic mass is 35.5. The fourth-order valence-electron chi connectivity index (χ4n) is 1.01. The van der Waals surface area contributed by atoms with Crippen LogP contribution < -0.4 is 5.32 Å². The number of hydrogen-bond acceptors (Lipinski definition) is 3. The normalized spacial score (nSPS) is 16.7. The molecule has 0 radical (unpaired) electrons. The van der Waals surface area contributed by atoms with Gasteiger partial charge >= 0.3 is 0 Å². The Kier molecular flexibility index (Phi) is 2.53. The summed E-state index contributed by atoms with van der Waals surface area (Å²) >= 11 is 6.99. The van der Waals surface area contributed by atoms with Crippen molar-refractivity contribution < 1.29 is 9.53 Å². The minimum absolute atomic E-state index is 0.0646. The first-order valence-electron chi connectivity index (χ1n) is 3.89. The van der Waals surface area contributed by atoms with Crippen LogP contribution in [0.4, 0.5) is 0 Å². The van der Waals surface area contributed by atoms with Crippen LogP contribution in [0.3, 0.4) is 0 Å². The molecule has 0 atom stereocenters. The molecule has 1 aromatic heterocycles. The molecule has 2 heterocycles. The van der Waals surface area contributed by atoms with E-state index in [1.54, 1.807) is 12.1 Å². The van der Waals surface area contributed by atoms with Gasteiger partial charge in [-0.2, -0.15) is 0 Å². The minimum atomic E-state index is -0.0646. The van der Waals surface area contributed by atoms with Gasteiger partial charge < -0.3 is 10.1 Å². The molecule has 0 saturated carbocycles. The van der Waals surface area contributed by atoms with Gasteiger partial charge in [0.15, 0.2) is 0 Å². The first-order valence-corrected chi connectivity index (χ1v) is 5.09. The Bertz CT molecular complexity index is 322. The molecular formula is C8H8ClNO2S. The van der Waals surface area contributed by atoms with Crippen LogP contribution in [-0.2, 0) is 4.74 Å². The molecule has 1 amide bonds. The van der Waals surface area contributed by atoms with E-state index in [0.29, 0.717) is 22.4 Å². The van der Waals surface area contributed by atoms with E-state index >= 15 is 0 Å². The van der Waals surface area contributed by atoms with Gasteiger partial charge in [-0.05, 0) is 12.1 Å². The lowest BCUT2D eigenvalue weighted by molar-refractivity contribution is -0.00338. The monoisotopic (exact) mass is 217 g/mol. The number of hydrogen-bond donors (Lipinski definition) is 1. The number of carbonyl (C=O) groups is 1. The molecule has 1 aliphatic rings. The van der Waals surface area contributed by atoms with E-state index in [4.69, 9.17) is 16.3 Å². The second-order valence-corrected chi connectivity index (χ2v) is 4.53. The van der Waals surface area contributed by atoms with Gasteiger partial charge in [0, 0.05) is 0 Å². The Balaban J connectivity index is 1.96. The molecule has 3 nitrogen and oxygen atoms in total. The summed E-state index contributed by atoms with van der Waals surface area (Å²) in [7, 11) is 0. The molecule has 0 spiro atoms. The number of halogens is 1. The highest BCUT2D eigenvalue weighted by molar-refractivity contribution is 7.17. The number of rotatable bonds is 2. The molecule has 0 unspecified atom stereocenters. The molecule has 1 saturated heterocycles. The third-order valence-electron chi connectivity index (χ3n) is 1.77. The Morgan fingerprint density at radius 1 is 1.62 bits per heavy atom. The van der Waals surface area contributed by atoms with Crippen LogP contribution in [0.2, 0.25) is 4.34 Å². The van der Waals surface area contributed by atoms with Crippen molar-refractivity contribution in [1.29, 1.82) is 0 Å². The lowest BCUT2D eigenvalue weighted by Gasteiger charge is -2.26. The van der Waals surface area contributed by atoms with Crippen LogP contribution in [0.25, 0.3) is 0 Å². The van der Waals surface area contributed by atoms with Crippen molar-refractivity contribution >= 4 is 28.8 Å². The van der Waals surface area contributed by atoms with Crippen LogP contribution in [0, 0.1) is 0 Å².